The number of methoxy groups -OCH3 is 2. The van der Waals surface area contributed by atoms with Crippen LogP contribution in [0.4, 0.5) is 0 Å². The van der Waals surface area contributed by atoms with E-state index in [0.29, 0.717) is 5.56 Å². The van der Waals surface area contributed by atoms with E-state index in [1.165, 1.54) is 0 Å². The molecule has 1 amide bonds. The van der Waals surface area contributed by atoms with E-state index < -0.39 is 0 Å². The van der Waals surface area contributed by atoms with Crippen LogP contribution < -0.4 is 14.2 Å². The minimum atomic E-state index is 0.0669. The van der Waals surface area contributed by atoms with Crippen LogP contribution in [0.3, 0.4) is 0 Å². The molecule has 0 radical (unpaired) electrons. The lowest BCUT2D eigenvalue weighted by Gasteiger charge is -2.36. The predicted molar refractivity (Wildman–Crippen MR) is 108 cm³/mol. The Morgan fingerprint density at radius 3 is 1.89 bits per heavy atom. The zero-order chi connectivity index (χ0) is 19.9. The summed E-state index contributed by atoms with van der Waals surface area (Å²) in [5, 5.41) is 0. The number of piperazine rings is 1. The molecule has 0 bridgehead atoms. The summed E-state index contributed by atoms with van der Waals surface area (Å²) >= 11 is 0. The molecule has 1 unspecified atom stereocenters. The van der Waals surface area contributed by atoms with Crippen molar-refractivity contribution in [2.45, 2.75) is 13.0 Å². The minimum absolute atomic E-state index is 0.0669. The Hall–Kier alpha value is -2.73. The number of rotatable bonds is 7. The maximum atomic E-state index is 12.7. The van der Waals surface area contributed by atoms with Gasteiger partial charge in [-0.1, -0.05) is 0 Å². The molecular weight excluding hydrogens is 356 g/mol. The number of amides is 1. The first-order chi connectivity index (χ1) is 13.6. The second-order valence-corrected chi connectivity index (χ2v) is 6.93. The molecule has 1 aliphatic rings. The van der Waals surface area contributed by atoms with Gasteiger partial charge in [0.1, 0.15) is 23.4 Å². The largest absolute Gasteiger partial charge is 0.497 e. The van der Waals surface area contributed by atoms with Gasteiger partial charge in [0.2, 0.25) is 0 Å². The number of ether oxygens (including phenoxy) is 3. The second kappa shape index (κ2) is 9.46. The van der Waals surface area contributed by atoms with Gasteiger partial charge in [-0.05, 0) is 55.5 Å². The highest BCUT2D eigenvalue weighted by Crippen LogP contribution is 2.19. The standard InChI is InChI=1S/C22H28N2O4/c1-17(28-21-10-8-20(27-3)9-11-21)16-23-12-14-24(15-13-23)22(25)18-4-6-19(26-2)7-5-18/h4-11,17H,12-16H2,1-3H3. The van der Waals surface area contributed by atoms with E-state index in [0.717, 1.165) is 50.0 Å². The van der Waals surface area contributed by atoms with Crippen molar-refractivity contribution in [2.75, 3.05) is 46.9 Å². The molecule has 2 aromatic rings. The van der Waals surface area contributed by atoms with Gasteiger partial charge in [0.05, 0.1) is 14.2 Å². The summed E-state index contributed by atoms with van der Waals surface area (Å²) in [4.78, 5) is 16.9. The van der Waals surface area contributed by atoms with Crippen LogP contribution >= 0.6 is 0 Å². The van der Waals surface area contributed by atoms with Crippen molar-refractivity contribution in [1.29, 1.82) is 0 Å². The Bertz CT molecular complexity index is 753. The molecule has 1 heterocycles. The van der Waals surface area contributed by atoms with Gasteiger partial charge in [-0.25, -0.2) is 0 Å². The number of hydrogen-bond acceptors (Lipinski definition) is 5. The lowest BCUT2D eigenvalue weighted by atomic mass is 10.1. The first kappa shape index (κ1) is 20.0. The monoisotopic (exact) mass is 384 g/mol. The van der Waals surface area contributed by atoms with Gasteiger partial charge < -0.3 is 19.1 Å². The third kappa shape index (κ3) is 5.16. The van der Waals surface area contributed by atoms with Crippen LogP contribution in [0.25, 0.3) is 0 Å². The molecule has 0 aromatic heterocycles. The highest BCUT2D eigenvalue weighted by atomic mass is 16.5. The SMILES string of the molecule is COc1ccc(OC(C)CN2CCN(C(=O)c3ccc(OC)cc3)CC2)cc1. The fourth-order valence-electron chi connectivity index (χ4n) is 3.34. The number of hydrogen-bond donors (Lipinski definition) is 0. The molecule has 0 spiro atoms. The summed E-state index contributed by atoms with van der Waals surface area (Å²) in [6, 6.07) is 14.9. The first-order valence-corrected chi connectivity index (χ1v) is 9.55. The van der Waals surface area contributed by atoms with Gasteiger partial charge in [-0.2, -0.15) is 0 Å². The number of carbonyl (C=O) groups is 1. The summed E-state index contributed by atoms with van der Waals surface area (Å²) < 4.78 is 16.3. The molecule has 6 nitrogen and oxygen atoms in total. The van der Waals surface area contributed by atoms with Crippen LogP contribution in [0.2, 0.25) is 0 Å². The lowest BCUT2D eigenvalue weighted by Crippen LogP contribution is -2.50. The Labute approximate surface area is 166 Å². The molecule has 28 heavy (non-hydrogen) atoms. The fraction of sp³-hybridized carbons (Fsp3) is 0.409. The van der Waals surface area contributed by atoms with E-state index in [1.807, 2.05) is 53.4 Å². The van der Waals surface area contributed by atoms with Crippen LogP contribution in [0.1, 0.15) is 17.3 Å². The summed E-state index contributed by atoms with van der Waals surface area (Å²) in [5.41, 5.74) is 0.699. The van der Waals surface area contributed by atoms with Crippen molar-refractivity contribution < 1.29 is 19.0 Å². The Balaban J connectivity index is 1.45. The summed E-state index contributed by atoms with van der Waals surface area (Å²) in [5.74, 6) is 2.48. The number of nitrogens with zero attached hydrogens (tertiary/aromatic N) is 2. The van der Waals surface area contributed by atoms with E-state index in [2.05, 4.69) is 11.8 Å². The van der Waals surface area contributed by atoms with Crippen molar-refractivity contribution in [2.24, 2.45) is 0 Å². The fourth-order valence-corrected chi connectivity index (χ4v) is 3.34. The average Bonchev–Trinajstić information content (AvgIpc) is 2.74. The van der Waals surface area contributed by atoms with Crippen molar-refractivity contribution >= 4 is 5.91 Å². The highest BCUT2D eigenvalue weighted by molar-refractivity contribution is 5.94. The zero-order valence-electron chi connectivity index (χ0n) is 16.8. The summed E-state index contributed by atoms with van der Waals surface area (Å²) in [6.07, 6.45) is 0.0669. The van der Waals surface area contributed by atoms with Gasteiger partial charge in [-0.15, -0.1) is 0 Å². The normalized spacial score (nSPS) is 15.8. The third-order valence-electron chi connectivity index (χ3n) is 4.91. The van der Waals surface area contributed by atoms with Crippen LogP contribution in [0, 0.1) is 0 Å². The Morgan fingerprint density at radius 2 is 1.36 bits per heavy atom. The lowest BCUT2D eigenvalue weighted by molar-refractivity contribution is 0.0576. The van der Waals surface area contributed by atoms with Gasteiger partial charge in [0.25, 0.3) is 5.91 Å². The van der Waals surface area contributed by atoms with E-state index >= 15 is 0 Å². The summed E-state index contributed by atoms with van der Waals surface area (Å²) in [6.45, 7) is 6.03. The molecular formula is C22H28N2O4. The molecule has 0 saturated carbocycles. The van der Waals surface area contributed by atoms with Crippen LogP contribution in [-0.4, -0.2) is 68.8 Å². The third-order valence-corrected chi connectivity index (χ3v) is 4.91. The number of benzene rings is 2. The smallest absolute Gasteiger partial charge is 0.253 e. The van der Waals surface area contributed by atoms with Crippen molar-refractivity contribution in [3.8, 4) is 17.2 Å². The quantitative estimate of drug-likeness (QED) is 0.735. The summed E-state index contributed by atoms with van der Waals surface area (Å²) in [7, 11) is 3.27. The highest BCUT2D eigenvalue weighted by Gasteiger charge is 2.23. The second-order valence-electron chi connectivity index (χ2n) is 6.93. The van der Waals surface area contributed by atoms with Gasteiger partial charge in [-0.3, -0.25) is 9.69 Å². The molecule has 0 N–H and O–H groups in total. The predicted octanol–water partition coefficient (Wildman–Crippen LogP) is 2.93. The van der Waals surface area contributed by atoms with Crippen molar-refractivity contribution in [3.05, 3.63) is 54.1 Å². The zero-order valence-corrected chi connectivity index (χ0v) is 16.8. The number of carbonyl (C=O) groups excluding carboxylic acids is 1. The van der Waals surface area contributed by atoms with Gasteiger partial charge in [0, 0.05) is 38.3 Å². The van der Waals surface area contributed by atoms with E-state index in [4.69, 9.17) is 14.2 Å². The molecule has 2 aromatic carbocycles. The molecule has 1 atom stereocenters. The van der Waals surface area contributed by atoms with Crippen molar-refractivity contribution in [3.63, 3.8) is 0 Å². The Morgan fingerprint density at radius 1 is 0.857 bits per heavy atom. The minimum Gasteiger partial charge on any atom is -0.497 e. The maximum Gasteiger partial charge on any atom is 0.253 e. The van der Waals surface area contributed by atoms with Gasteiger partial charge in [0.15, 0.2) is 0 Å². The molecule has 3 rings (SSSR count). The maximum absolute atomic E-state index is 12.7. The van der Waals surface area contributed by atoms with Gasteiger partial charge >= 0.3 is 0 Å². The molecule has 150 valence electrons. The Kier molecular flexibility index (Phi) is 6.76. The van der Waals surface area contributed by atoms with Crippen LogP contribution in [0.5, 0.6) is 17.2 Å². The van der Waals surface area contributed by atoms with E-state index in [9.17, 15) is 4.79 Å². The topological polar surface area (TPSA) is 51.2 Å². The average molecular weight is 384 g/mol. The molecule has 1 saturated heterocycles. The molecule has 0 aliphatic carbocycles. The van der Waals surface area contributed by atoms with E-state index in [-0.39, 0.29) is 12.0 Å². The first-order valence-electron chi connectivity index (χ1n) is 9.55. The molecule has 1 fully saturated rings. The van der Waals surface area contributed by atoms with Crippen molar-refractivity contribution in [1.82, 2.24) is 9.80 Å². The van der Waals surface area contributed by atoms with Crippen LogP contribution in [-0.2, 0) is 0 Å². The molecule has 1 aliphatic heterocycles. The molecule has 6 heteroatoms. The van der Waals surface area contributed by atoms with E-state index in [1.54, 1.807) is 14.2 Å². The van der Waals surface area contributed by atoms with Crippen LogP contribution in [0.15, 0.2) is 48.5 Å².